The maximum Gasteiger partial charge on any atom is 0.380 e. The molecule has 2 rings (SSSR count). The summed E-state index contributed by atoms with van der Waals surface area (Å²) in [6.07, 6.45) is 7.58. The molecule has 0 aromatic heterocycles. The van der Waals surface area contributed by atoms with Gasteiger partial charge in [-0.2, -0.15) is 13.6 Å². The van der Waals surface area contributed by atoms with Crippen LogP contribution in [0.15, 0.2) is 18.2 Å². The van der Waals surface area contributed by atoms with Crippen LogP contribution in [0.2, 0.25) is 0 Å². The number of nitrogens with two attached hydrogens (primary N) is 1. The van der Waals surface area contributed by atoms with Gasteiger partial charge in [-0.25, -0.2) is 9.18 Å². The SMILES string of the molecule is CCCCCCCCN1CCN(C(=O)Nc2ccc(OS(N)(=O)=O)c(F)c2)CC1. The number of halogens is 1. The molecule has 0 radical (unpaired) electrons. The molecular formula is C19H31FN4O4S. The number of benzene rings is 1. The van der Waals surface area contributed by atoms with Crippen LogP contribution in [0, 0.1) is 5.82 Å². The molecule has 29 heavy (non-hydrogen) atoms. The van der Waals surface area contributed by atoms with Gasteiger partial charge in [-0.1, -0.05) is 39.0 Å². The van der Waals surface area contributed by atoms with E-state index >= 15 is 0 Å². The van der Waals surface area contributed by atoms with Gasteiger partial charge >= 0.3 is 16.3 Å². The lowest BCUT2D eigenvalue weighted by Crippen LogP contribution is -2.50. The van der Waals surface area contributed by atoms with E-state index in [1.165, 1.54) is 44.6 Å². The van der Waals surface area contributed by atoms with Crippen LogP contribution >= 0.6 is 0 Å². The first-order chi connectivity index (χ1) is 13.8. The summed E-state index contributed by atoms with van der Waals surface area (Å²) >= 11 is 0. The van der Waals surface area contributed by atoms with E-state index in [2.05, 4.69) is 21.3 Å². The molecule has 0 spiro atoms. The number of rotatable bonds is 10. The van der Waals surface area contributed by atoms with Crippen molar-refractivity contribution in [2.75, 3.05) is 38.0 Å². The Labute approximate surface area is 172 Å². The lowest BCUT2D eigenvalue weighted by atomic mass is 10.1. The second-order valence-corrected chi connectivity index (χ2v) is 8.40. The predicted octanol–water partition coefficient (Wildman–Crippen LogP) is 2.92. The van der Waals surface area contributed by atoms with Gasteiger partial charge in [0.1, 0.15) is 0 Å². The zero-order valence-electron chi connectivity index (χ0n) is 16.9. The highest BCUT2D eigenvalue weighted by molar-refractivity contribution is 7.84. The Bertz CT molecular complexity index is 767. The number of carbonyl (C=O) groups excluding carboxylic acids is 1. The monoisotopic (exact) mass is 430 g/mol. The van der Waals surface area contributed by atoms with Crippen LogP contribution in [0.1, 0.15) is 45.4 Å². The number of nitrogens with one attached hydrogen (secondary N) is 1. The molecule has 0 bridgehead atoms. The van der Waals surface area contributed by atoms with Gasteiger partial charge in [-0.15, -0.1) is 0 Å². The van der Waals surface area contributed by atoms with Gasteiger partial charge in [0.2, 0.25) is 0 Å². The zero-order valence-corrected chi connectivity index (χ0v) is 17.7. The molecule has 10 heteroatoms. The molecule has 1 aliphatic heterocycles. The lowest BCUT2D eigenvalue weighted by Gasteiger charge is -2.34. The fourth-order valence-corrected chi connectivity index (χ4v) is 3.65. The van der Waals surface area contributed by atoms with Gasteiger partial charge in [0, 0.05) is 37.9 Å². The minimum absolute atomic E-state index is 0.212. The second kappa shape index (κ2) is 11.3. The molecule has 8 nitrogen and oxygen atoms in total. The number of unbranched alkanes of at least 4 members (excludes halogenated alkanes) is 5. The van der Waals surface area contributed by atoms with Gasteiger partial charge in [-0.3, -0.25) is 4.90 Å². The van der Waals surface area contributed by atoms with E-state index in [1.807, 2.05) is 0 Å². The third-order valence-corrected chi connectivity index (χ3v) is 5.29. The van der Waals surface area contributed by atoms with Crippen LogP contribution in [-0.2, 0) is 10.3 Å². The minimum atomic E-state index is -4.31. The molecule has 0 aliphatic carbocycles. The highest BCUT2D eigenvalue weighted by Gasteiger charge is 2.21. The number of nitrogens with zero attached hydrogens (tertiary/aromatic N) is 2. The summed E-state index contributed by atoms with van der Waals surface area (Å²) in [6.45, 7) is 6.12. The smallest absolute Gasteiger partial charge is 0.368 e. The summed E-state index contributed by atoms with van der Waals surface area (Å²) < 4.78 is 40.0. The molecule has 3 N–H and O–H groups in total. The lowest BCUT2D eigenvalue weighted by molar-refractivity contribution is 0.145. The average molecular weight is 431 g/mol. The predicted molar refractivity (Wildman–Crippen MR) is 111 cm³/mol. The summed E-state index contributed by atoms with van der Waals surface area (Å²) in [4.78, 5) is 16.4. The summed E-state index contributed by atoms with van der Waals surface area (Å²) in [5.74, 6) is -1.45. The van der Waals surface area contributed by atoms with Crippen molar-refractivity contribution in [1.82, 2.24) is 9.80 Å². The van der Waals surface area contributed by atoms with Crippen LogP contribution in [0.3, 0.4) is 0 Å². The number of hydrogen-bond donors (Lipinski definition) is 2. The zero-order chi connectivity index (χ0) is 21.3. The van der Waals surface area contributed by atoms with E-state index < -0.39 is 21.9 Å². The summed E-state index contributed by atoms with van der Waals surface area (Å²) in [5, 5.41) is 7.35. The maximum atomic E-state index is 13.9. The van der Waals surface area contributed by atoms with Crippen LogP contribution in [0.25, 0.3) is 0 Å². The standard InChI is InChI=1S/C19H31FN4O4S/c1-2-3-4-5-6-7-10-23-11-13-24(14-12-23)19(25)22-16-8-9-18(17(20)15-16)28-29(21,26)27/h8-9,15H,2-7,10-14H2,1H3,(H,22,25)(H2,21,26,27). The van der Waals surface area contributed by atoms with Gasteiger partial charge in [0.15, 0.2) is 11.6 Å². The Kier molecular flexibility index (Phi) is 9.12. The highest BCUT2D eigenvalue weighted by Crippen LogP contribution is 2.22. The maximum absolute atomic E-state index is 13.9. The van der Waals surface area contributed by atoms with Crippen molar-refractivity contribution in [2.45, 2.75) is 45.4 Å². The molecule has 1 saturated heterocycles. The molecule has 0 atom stereocenters. The van der Waals surface area contributed by atoms with Crippen LogP contribution in [-0.4, -0.2) is 57.0 Å². The van der Waals surface area contributed by atoms with Crippen LogP contribution < -0.4 is 14.6 Å². The third-order valence-electron chi connectivity index (χ3n) is 4.88. The molecule has 1 heterocycles. The molecule has 164 valence electrons. The Morgan fingerprint density at radius 3 is 2.41 bits per heavy atom. The highest BCUT2D eigenvalue weighted by atomic mass is 32.2. The third kappa shape index (κ3) is 8.55. The topological polar surface area (TPSA) is 105 Å². The fraction of sp³-hybridized carbons (Fsp3) is 0.632. The van der Waals surface area contributed by atoms with Crippen molar-refractivity contribution < 1.29 is 21.8 Å². The quantitative estimate of drug-likeness (QED) is 0.555. The van der Waals surface area contributed by atoms with E-state index in [0.29, 0.717) is 13.1 Å². The number of anilines is 1. The molecule has 1 aromatic carbocycles. The number of carbonyl (C=O) groups is 1. The molecular weight excluding hydrogens is 399 g/mol. The Morgan fingerprint density at radius 1 is 1.14 bits per heavy atom. The van der Waals surface area contributed by atoms with E-state index in [4.69, 9.17) is 5.14 Å². The number of piperazine rings is 1. The van der Waals surface area contributed by atoms with Crippen molar-refractivity contribution >= 4 is 22.0 Å². The Hall–Kier alpha value is -1.91. The molecule has 0 unspecified atom stereocenters. The van der Waals surface area contributed by atoms with Crippen molar-refractivity contribution in [1.29, 1.82) is 0 Å². The van der Waals surface area contributed by atoms with Crippen LogP contribution in [0.5, 0.6) is 5.75 Å². The first-order valence-corrected chi connectivity index (χ1v) is 11.6. The Balaban J connectivity index is 1.73. The molecule has 1 aromatic rings. The van der Waals surface area contributed by atoms with Crippen molar-refractivity contribution in [3.8, 4) is 5.75 Å². The van der Waals surface area contributed by atoms with E-state index in [1.54, 1.807) is 4.90 Å². The molecule has 2 amide bonds. The fourth-order valence-electron chi connectivity index (χ4n) is 3.26. The molecule has 1 fully saturated rings. The Morgan fingerprint density at radius 2 is 1.79 bits per heavy atom. The van der Waals surface area contributed by atoms with E-state index in [-0.39, 0.29) is 11.7 Å². The van der Waals surface area contributed by atoms with E-state index in [0.717, 1.165) is 31.8 Å². The average Bonchev–Trinajstić information content (AvgIpc) is 2.66. The van der Waals surface area contributed by atoms with Crippen LogP contribution in [0.4, 0.5) is 14.9 Å². The number of hydrogen-bond acceptors (Lipinski definition) is 5. The number of urea groups is 1. The largest absolute Gasteiger partial charge is 0.380 e. The van der Waals surface area contributed by atoms with Crippen molar-refractivity contribution in [3.63, 3.8) is 0 Å². The molecule has 1 aliphatic rings. The first kappa shape index (κ1) is 23.4. The first-order valence-electron chi connectivity index (χ1n) is 10.1. The normalized spacial score (nSPS) is 15.3. The van der Waals surface area contributed by atoms with Gasteiger partial charge in [-0.05, 0) is 25.1 Å². The number of amides is 2. The van der Waals surface area contributed by atoms with Gasteiger partial charge in [0.05, 0.1) is 0 Å². The molecule has 0 saturated carbocycles. The minimum Gasteiger partial charge on any atom is -0.368 e. The second-order valence-electron chi connectivity index (χ2n) is 7.25. The van der Waals surface area contributed by atoms with Gasteiger partial charge < -0.3 is 14.4 Å². The summed E-state index contributed by atoms with van der Waals surface area (Å²) in [6, 6.07) is 3.14. The summed E-state index contributed by atoms with van der Waals surface area (Å²) in [5.41, 5.74) is 0.212. The van der Waals surface area contributed by atoms with E-state index in [9.17, 15) is 17.6 Å². The van der Waals surface area contributed by atoms with Gasteiger partial charge in [0.25, 0.3) is 0 Å². The van der Waals surface area contributed by atoms with Crippen molar-refractivity contribution in [2.24, 2.45) is 5.14 Å². The summed E-state index contributed by atoms with van der Waals surface area (Å²) in [7, 11) is -4.31. The van der Waals surface area contributed by atoms with Crippen molar-refractivity contribution in [3.05, 3.63) is 24.0 Å².